The normalized spacial score (nSPS) is 19.9. The number of aromatic nitrogens is 4. The van der Waals surface area contributed by atoms with Gasteiger partial charge in [-0.15, -0.1) is 20.4 Å². The zero-order valence-electron chi connectivity index (χ0n) is 14.4. The Kier molecular flexibility index (Phi) is 4.07. The van der Waals surface area contributed by atoms with Crippen LogP contribution in [0.4, 0.5) is 5.69 Å². The highest BCUT2D eigenvalue weighted by molar-refractivity contribution is 5.96. The molecule has 3 aromatic rings. The number of nitro groups is 1. The Bertz CT molecular complexity index is 1040. The minimum atomic E-state index is -0.433. The number of non-ortho nitro benzene ring substituents is 1. The van der Waals surface area contributed by atoms with Crippen LogP contribution in [0.5, 0.6) is 0 Å². The van der Waals surface area contributed by atoms with Crippen molar-refractivity contribution in [2.45, 2.75) is 25.7 Å². The molecular weight excluding hydrogens is 352 g/mol. The molecule has 4 rings (SSSR count). The first kappa shape index (κ1) is 16.8. The number of hydrogen-bond donors (Lipinski definition) is 0. The molecule has 2 atom stereocenters. The summed E-state index contributed by atoms with van der Waals surface area (Å²) in [5.41, 5.74) is 2.77. The molecule has 27 heavy (non-hydrogen) atoms. The van der Waals surface area contributed by atoms with E-state index in [1.807, 2.05) is 19.9 Å². The van der Waals surface area contributed by atoms with Crippen molar-refractivity contribution in [2.75, 3.05) is 0 Å². The average Bonchev–Trinajstić information content (AvgIpc) is 3.35. The van der Waals surface area contributed by atoms with E-state index < -0.39 is 16.8 Å². The molecule has 2 aromatic heterocycles. The van der Waals surface area contributed by atoms with E-state index in [0.29, 0.717) is 28.6 Å². The van der Waals surface area contributed by atoms with Crippen LogP contribution in [0.25, 0.3) is 5.57 Å². The molecule has 0 amide bonds. The molecule has 0 saturated carbocycles. The van der Waals surface area contributed by atoms with Crippen molar-refractivity contribution in [1.82, 2.24) is 20.4 Å². The second kappa shape index (κ2) is 6.56. The van der Waals surface area contributed by atoms with Gasteiger partial charge in [0.05, 0.1) is 10.8 Å². The largest absolute Gasteiger partial charge is 0.427 e. The number of nitrogens with zero attached hydrogens (tertiary/aromatic N) is 6. The Labute approximate surface area is 152 Å². The quantitative estimate of drug-likeness (QED) is 0.508. The van der Waals surface area contributed by atoms with E-state index >= 15 is 0 Å². The first-order valence-electron chi connectivity index (χ1n) is 8.09. The minimum Gasteiger partial charge on any atom is -0.427 e. The number of rotatable bonds is 4. The molecule has 0 radical (unpaired) electrons. The first-order valence-corrected chi connectivity index (χ1v) is 8.09. The van der Waals surface area contributed by atoms with Gasteiger partial charge >= 0.3 is 0 Å². The lowest BCUT2D eigenvalue weighted by Gasteiger charge is -2.30. The first-order chi connectivity index (χ1) is 13.1. The van der Waals surface area contributed by atoms with Gasteiger partial charge in [-0.3, -0.25) is 15.1 Å². The molecule has 0 spiro atoms. The number of allylic oxidation sites excluding steroid dienone is 2. The summed E-state index contributed by atoms with van der Waals surface area (Å²) in [4.78, 5) is 15.4. The Balaban J connectivity index is 1.95. The van der Waals surface area contributed by atoms with Crippen molar-refractivity contribution in [1.29, 1.82) is 0 Å². The second-order valence-electron chi connectivity index (χ2n) is 6.08. The summed E-state index contributed by atoms with van der Waals surface area (Å²) < 4.78 is 10.9. The third-order valence-electron chi connectivity index (χ3n) is 4.50. The fraction of sp³-hybridized carbons (Fsp3) is 0.235. The van der Waals surface area contributed by atoms with Gasteiger partial charge in [0.25, 0.3) is 5.69 Å². The number of hydrogen-bond acceptors (Lipinski definition) is 9. The van der Waals surface area contributed by atoms with E-state index in [4.69, 9.17) is 8.83 Å². The van der Waals surface area contributed by atoms with Crippen molar-refractivity contribution in [3.05, 3.63) is 70.2 Å². The van der Waals surface area contributed by atoms with Crippen LogP contribution in [-0.4, -0.2) is 31.0 Å². The summed E-state index contributed by atoms with van der Waals surface area (Å²) in [6, 6.07) is 6.41. The van der Waals surface area contributed by atoms with Crippen LogP contribution in [-0.2, 0) is 0 Å². The Morgan fingerprint density at radius 2 is 1.85 bits per heavy atom. The van der Waals surface area contributed by atoms with Crippen LogP contribution >= 0.6 is 0 Å². The van der Waals surface area contributed by atoms with Crippen molar-refractivity contribution in [2.24, 2.45) is 4.99 Å². The molecule has 2 unspecified atom stereocenters. The molecule has 0 N–H and O–H groups in total. The smallest absolute Gasteiger partial charge is 0.269 e. The van der Waals surface area contributed by atoms with Gasteiger partial charge in [0.1, 0.15) is 0 Å². The molecule has 136 valence electrons. The number of benzene rings is 1. The van der Waals surface area contributed by atoms with Gasteiger partial charge < -0.3 is 8.83 Å². The standard InChI is InChI=1S/C17H14N6O4/c1-9-13(16-21-18-7-26-16)15(11-4-3-5-12(6-11)23(24)25)14(10(2)20-9)17-22-19-8-27-17/h3-8,13,15H,1-2H3. The van der Waals surface area contributed by atoms with Gasteiger partial charge in [-0.1, -0.05) is 12.1 Å². The molecule has 0 bridgehead atoms. The van der Waals surface area contributed by atoms with Crippen LogP contribution < -0.4 is 0 Å². The van der Waals surface area contributed by atoms with E-state index in [1.165, 1.54) is 24.9 Å². The van der Waals surface area contributed by atoms with Crippen LogP contribution in [0, 0.1) is 10.1 Å². The van der Waals surface area contributed by atoms with Crippen LogP contribution in [0.3, 0.4) is 0 Å². The number of nitro benzene ring substituents is 1. The Morgan fingerprint density at radius 1 is 1.07 bits per heavy atom. The molecule has 0 aliphatic carbocycles. The van der Waals surface area contributed by atoms with Gasteiger partial charge in [0, 0.05) is 35.0 Å². The summed E-state index contributed by atoms with van der Waals surface area (Å²) >= 11 is 0. The summed E-state index contributed by atoms with van der Waals surface area (Å²) in [6.07, 6.45) is 2.47. The topological polar surface area (TPSA) is 133 Å². The zero-order valence-corrected chi connectivity index (χ0v) is 14.4. The fourth-order valence-electron chi connectivity index (χ4n) is 3.43. The average molecular weight is 366 g/mol. The predicted molar refractivity (Wildman–Crippen MR) is 92.9 cm³/mol. The van der Waals surface area contributed by atoms with Crippen LogP contribution in [0.15, 0.2) is 56.6 Å². The molecule has 0 saturated heterocycles. The van der Waals surface area contributed by atoms with E-state index in [1.54, 1.807) is 6.07 Å². The molecule has 1 aliphatic heterocycles. The highest BCUT2D eigenvalue weighted by atomic mass is 16.6. The lowest BCUT2D eigenvalue weighted by Crippen LogP contribution is -2.24. The van der Waals surface area contributed by atoms with Gasteiger partial charge in [-0.05, 0) is 19.4 Å². The van der Waals surface area contributed by atoms with Crippen LogP contribution in [0.2, 0.25) is 0 Å². The molecule has 3 heterocycles. The monoisotopic (exact) mass is 366 g/mol. The lowest BCUT2D eigenvalue weighted by atomic mass is 9.75. The van der Waals surface area contributed by atoms with Crippen molar-refractivity contribution < 1.29 is 13.8 Å². The lowest BCUT2D eigenvalue weighted by molar-refractivity contribution is -0.384. The van der Waals surface area contributed by atoms with Crippen LogP contribution in [0.1, 0.15) is 43.0 Å². The highest BCUT2D eigenvalue weighted by Crippen LogP contribution is 2.47. The second-order valence-corrected chi connectivity index (χ2v) is 6.08. The third kappa shape index (κ3) is 2.90. The summed E-state index contributed by atoms with van der Waals surface area (Å²) in [5, 5.41) is 26.9. The van der Waals surface area contributed by atoms with Crippen molar-refractivity contribution in [3.63, 3.8) is 0 Å². The molecule has 0 fully saturated rings. The zero-order chi connectivity index (χ0) is 19.0. The molecular formula is C17H14N6O4. The van der Waals surface area contributed by atoms with Crippen molar-refractivity contribution in [3.8, 4) is 0 Å². The van der Waals surface area contributed by atoms with E-state index in [2.05, 4.69) is 25.4 Å². The summed E-state index contributed by atoms with van der Waals surface area (Å²) in [7, 11) is 0. The predicted octanol–water partition coefficient (Wildman–Crippen LogP) is 3.13. The van der Waals surface area contributed by atoms with E-state index in [9.17, 15) is 10.1 Å². The summed E-state index contributed by atoms with van der Waals surface area (Å²) in [5.74, 6) is -0.176. The fourth-order valence-corrected chi connectivity index (χ4v) is 3.43. The Morgan fingerprint density at radius 3 is 2.52 bits per heavy atom. The molecule has 10 heteroatoms. The maximum absolute atomic E-state index is 11.3. The van der Waals surface area contributed by atoms with Gasteiger partial charge in [0.2, 0.25) is 24.6 Å². The molecule has 1 aliphatic rings. The highest BCUT2D eigenvalue weighted by Gasteiger charge is 2.40. The van der Waals surface area contributed by atoms with E-state index in [0.717, 1.165) is 5.71 Å². The molecule has 10 nitrogen and oxygen atoms in total. The van der Waals surface area contributed by atoms with Gasteiger partial charge in [-0.2, -0.15) is 0 Å². The third-order valence-corrected chi connectivity index (χ3v) is 4.50. The maximum Gasteiger partial charge on any atom is 0.269 e. The van der Waals surface area contributed by atoms with Gasteiger partial charge in [0.15, 0.2) is 0 Å². The SMILES string of the molecule is CC1=NC(C)=C(c2nnco2)C(c2cccc([N+](=O)[O-])c2)C1c1nnco1. The van der Waals surface area contributed by atoms with Crippen molar-refractivity contribution >= 4 is 17.0 Å². The minimum absolute atomic E-state index is 0.0144. The summed E-state index contributed by atoms with van der Waals surface area (Å²) in [6.45, 7) is 3.69. The van der Waals surface area contributed by atoms with E-state index in [-0.39, 0.29) is 5.69 Å². The molecule has 1 aromatic carbocycles. The maximum atomic E-state index is 11.3. The number of aliphatic imine (C=N–C) groups is 1. The Hall–Kier alpha value is -3.69. The van der Waals surface area contributed by atoms with Gasteiger partial charge in [-0.25, -0.2) is 0 Å².